The van der Waals surface area contributed by atoms with Gasteiger partial charge >= 0.3 is 35.8 Å². The van der Waals surface area contributed by atoms with E-state index in [4.69, 9.17) is 37.9 Å². The van der Waals surface area contributed by atoms with Crippen LogP contribution in [0.5, 0.6) is 0 Å². The van der Waals surface area contributed by atoms with Crippen LogP contribution in [0.15, 0.2) is 83.0 Å². The maximum atomic E-state index is 15.1. The van der Waals surface area contributed by atoms with Crippen LogP contribution >= 0.6 is 0 Å². The summed E-state index contributed by atoms with van der Waals surface area (Å²) in [6.45, 7) is 20.3. The van der Waals surface area contributed by atoms with Crippen molar-refractivity contribution < 1.29 is 102 Å². The van der Waals surface area contributed by atoms with E-state index in [-0.39, 0.29) is 67.6 Å². The Morgan fingerprint density at radius 1 is 0.558 bits per heavy atom. The van der Waals surface area contributed by atoms with Crippen molar-refractivity contribution >= 4 is 47.4 Å². The second kappa shape index (κ2) is 22.4. The number of aliphatic hydroxyl groups excluding tert-OH is 3. The number of benzene rings is 2. The van der Waals surface area contributed by atoms with E-state index in [1.165, 1.54) is 32.9 Å². The van der Waals surface area contributed by atoms with Gasteiger partial charge in [0, 0.05) is 62.2 Å². The lowest BCUT2D eigenvalue weighted by Gasteiger charge is -2.68. The third-order valence-electron chi connectivity index (χ3n) is 21.4. The molecule has 21 nitrogen and oxygen atoms in total. The van der Waals surface area contributed by atoms with Crippen LogP contribution in [0.4, 0.5) is 0 Å². The van der Waals surface area contributed by atoms with Gasteiger partial charge in [-0.15, -0.1) is 0 Å². The number of Topliss-reactive ketones (excluding diaryl/α,β-unsaturated/α-hetero) is 2. The molecule has 5 N–H and O–H groups in total. The Balaban J connectivity index is 0.000000205. The fraction of sp³-hybridized carbons (Fsp3) is 0.631. The molecule has 0 aromatic heterocycles. The second-order valence-electron chi connectivity index (χ2n) is 26.4. The van der Waals surface area contributed by atoms with E-state index in [2.05, 4.69) is 0 Å². The largest absolute Gasteiger partial charge is 0.455 e. The quantitative estimate of drug-likeness (QED) is 0.114. The summed E-state index contributed by atoms with van der Waals surface area (Å²) in [6.07, 6.45) is -12.0. The fourth-order valence-electron chi connectivity index (χ4n) is 16.2. The van der Waals surface area contributed by atoms with Gasteiger partial charge < -0.3 is 63.4 Å². The summed E-state index contributed by atoms with van der Waals surface area (Å²) in [6, 6.07) is 16.3. The molecule has 10 rings (SSSR count). The van der Waals surface area contributed by atoms with Gasteiger partial charge in [-0.3, -0.25) is 28.8 Å². The molecule has 2 unspecified atom stereocenters. The lowest BCUT2D eigenvalue weighted by atomic mass is 9.43. The fourth-order valence-corrected chi connectivity index (χ4v) is 16.2. The van der Waals surface area contributed by atoms with Crippen LogP contribution in [-0.4, -0.2) is 163 Å². The summed E-state index contributed by atoms with van der Waals surface area (Å²) >= 11 is 0. The van der Waals surface area contributed by atoms with Crippen LogP contribution in [0.1, 0.15) is 149 Å². The number of aliphatic hydroxyl groups is 5. The molecule has 0 radical (unpaired) electrons. The minimum absolute atomic E-state index is 0.00364. The van der Waals surface area contributed by atoms with Gasteiger partial charge in [0.15, 0.2) is 35.0 Å². The predicted molar refractivity (Wildman–Crippen MR) is 302 cm³/mol. The van der Waals surface area contributed by atoms with Crippen molar-refractivity contribution in [1.29, 1.82) is 0 Å². The molecule has 86 heavy (non-hydrogen) atoms. The number of fused-ring (bicyclic) bond motifs is 10. The Hall–Kier alpha value is -6.20. The Kier molecular flexibility index (Phi) is 16.8. The summed E-state index contributed by atoms with van der Waals surface area (Å²) in [7, 11) is 0. The number of esters is 6. The summed E-state index contributed by atoms with van der Waals surface area (Å²) in [5.74, 6) is -8.31. The molecule has 2 aromatic carbocycles. The van der Waals surface area contributed by atoms with E-state index in [9.17, 15) is 59.1 Å². The van der Waals surface area contributed by atoms with Gasteiger partial charge in [0.1, 0.15) is 35.6 Å². The van der Waals surface area contributed by atoms with Crippen molar-refractivity contribution in [2.45, 2.75) is 206 Å². The summed E-state index contributed by atoms with van der Waals surface area (Å²) in [5, 5.41) is 60.4. The number of hydrogen-bond acceptors (Lipinski definition) is 21. The zero-order chi connectivity index (χ0) is 63.4. The first-order valence-electron chi connectivity index (χ1n) is 29.6. The van der Waals surface area contributed by atoms with Gasteiger partial charge in [-0.05, 0) is 79.7 Å². The molecule has 2 heterocycles. The van der Waals surface area contributed by atoms with Crippen LogP contribution in [0.3, 0.4) is 0 Å². The molecule has 6 fully saturated rings. The maximum Gasteiger partial charge on any atom is 0.338 e. The normalized spacial score (nSPS) is 39.7. The first-order valence-corrected chi connectivity index (χ1v) is 29.6. The zero-order valence-electron chi connectivity index (χ0n) is 51.1. The molecule has 21 heteroatoms. The molecule has 6 aliphatic carbocycles. The lowest BCUT2D eigenvalue weighted by molar-refractivity contribution is -0.346. The van der Waals surface area contributed by atoms with Crippen LogP contribution in [0.25, 0.3) is 0 Å². The lowest BCUT2D eigenvalue weighted by Crippen LogP contribution is -2.81. The Labute approximate surface area is 500 Å². The first kappa shape index (κ1) is 64.3. The molecule has 0 amide bonds. The molecule has 18 atom stereocenters. The molecule has 2 aromatic rings. The molecule has 468 valence electrons. The molecule has 8 aliphatic rings. The van der Waals surface area contributed by atoms with Gasteiger partial charge in [0.25, 0.3) is 0 Å². The standard InChI is InChI=1S/C33H42O10.C32H40O11/c1-8-23(36)41-25-24-18(3)21(35)15-33(39,30(24,5)6)28(42-29(38)20-12-10-9-11-13-20)26-31(7,27(25)37)17(2)14-22-32(26,16-40-22)43-19(4)34;1-7-22(36)41-24-23-16(2)19(34)14-32(39,29(23,4)5)27(42-28(38)18-11-9-8-10-12-18)25-30(6,26(24)37)20(35)13-21-31(25,15-40-21)43-17(3)33/h9-13,17,21-22,25-26,28,35,39H,8,14-16H2,1-7H3;8-12,19-21,24-25,27,34-35,39H,7,13-15H2,1-6H3/t17-,21-,22+,25+,26?,28-,31+,32-,33+;19-,20-,21+,24+,25?,27-,30+,31-,32+/m00/s1. The molecule has 4 bridgehead atoms. The number of hydrogen-bond donors (Lipinski definition) is 5. The first-order chi connectivity index (χ1) is 40.1. The van der Waals surface area contributed by atoms with Gasteiger partial charge in [-0.2, -0.15) is 0 Å². The third-order valence-corrected chi connectivity index (χ3v) is 21.4. The molecular weight excluding hydrogens is 1120 g/mol. The molecular formula is C65H82O21. The highest BCUT2D eigenvalue weighted by Gasteiger charge is 2.80. The van der Waals surface area contributed by atoms with E-state index < -0.39 is 164 Å². The van der Waals surface area contributed by atoms with Gasteiger partial charge in [0.2, 0.25) is 0 Å². The van der Waals surface area contributed by atoms with Crippen LogP contribution < -0.4 is 0 Å². The average Bonchev–Trinajstić information content (AvgIpc) is 0.681. The number of carbonyl (C=O) groups excluding carboxylic acids is 8. The molecule has 2 aliphatic heterocycles. The van der Waals surface area contributed by atoms with Gasteiger partial charge in [0.05, 0.1) is 59.9 Å². The minimum Gasteiger partial charge on any atom is -0.455 e. The van der Waals surface area contributed by atoms with Gasteiger partial charge in [-0.1, -0.05) is 91.8 Å². The molecule has 4 saturated carbocycles. The molecule has 2 saturated heterocycles. The van der Waals surface area contributed by atoms with Crippen molar-refractivity contribution in [2.75, 3.05) is 13.2 Å². The van der Waals surface area contributed by atoms with E-state index >= 15 is 4.79 Å². The predicted octanol–water partition coefficient (Wildman–Crippen LogP) is 5.36. The summed E-state index contributed by atoms with van der Waals surface area (Å²) < 4.78 is 47.9. The highest BCUT2D eigenvalue weighted by Crippen LogP contribution is 2.67. The molecule has 0 spiro atoms. The van der Waals surface area contributed by atoms with E-state index in [1.807, 2.05) is 6.92 Å². The SMILES string of the molecule is CCC(=O)O[C@H]1C(=O)[C@@]2(C)C([C@H](OC(=O)c3ccccc3)[C@]3(O)C[C@H](O)C(C)=C1C3(C)C)[C@]1(OC(C)=O)CO[C@@H]1C[C@@H]2C.CCC(=O)O[C@H]1C(=O)[C@@]2(C)C([C@H](OC(=O)c3ccccc3)[C@]3(O)C[C@H](O)C(C)=C1C3(C)C)[C@]1(OC(C)=O)CO[C@@H]1C[C@@H]2O. The summed E-state index contributed by atoms with van der Waals surface area (Å²) in [5.41, 5.74) is -11.7. The Bertz CT molecular complexity index is 2940. The highest BCUT2D eigenvalue weighted by molar-refractivity contribution is 5.97. The monoisotopic (exact) mass is 1200 g/mol. The maximum absolute atomic E-state index is 15.1. The van der Waals surface area contributed by atoms with Crippen molar-refractivity contribution in [2.24, 2.45) is 39.4 Å². The van der Waals surface area contributed by atoms with Crippen molar-refractivity contribution in [3.8, 4) is 0 Å². The van der Waals surface area contributed by atoms with Crippen LogP contribution in [0, 0.1) is 39.4 Å². The smallest absolute Gasteiger partial charge is 0.338 e. The van der Waals surface area contributed by atoms with Crippen molar-refractivity contribution in [3.05, 3.63) is 94.1 Å². The minimum atomic E-state index is -2.11. The Morgan fingerprint density at radius 3 is 1.27 bits per heavy atom. The third kappa shape index (κ3) is 9.50. The number of ketones is 2. The zero-order valence-corrected chi connectivity index (χ0v) is 51.1. The second-order valence-corrected chi connectivity index (χ2v) is 26.4. The summed E-state index contributed by atoms with van der Waals surface area (Å²) in [4.78, 5) is 108. The van der Waals surface area contributed by atoms with E-state index in [0.717, 1.165) is 0 Å². The Morgan fingerprint density at radius 2 is 0.919 bits per heavy atom. The van der Waals surface area contributed by atoms with Crippen LogP contribution in [0.2, 0.25) is 0 Å². The van der Waals surface area contributed by atoms with Crippen LogP contribution in [-0.2, 0) is 66.7 Å². The number of carbonyl (C=O) groups is 8. The van der Waals surface area contributed by atoms with Crippen molar-refractivity contribution in [3.63, 3.8) is 0 Å². The van der Waals surface area contributed by atoms with Gasteiger partial charge in [-0.25, -0.2) is 9.59 Å². The van der Waals surface area contributed by atoms with E-state index in [1.54, 1.807) is 111 Å². The number of rotatable bonds is 10. The van der Waals surface area contributed by atoms with Crippen molar-refractivity contribution in [1.82, 2.24) is 0 Å². The number of ether oxygens (including phenoxy) is 8. The average molecular weight is 1200 g/mol. The topological polar surface area (TPSA) is 312 Å². The van der Waals surface area contributed by atoms with E-state index in [0.29, 0.717) is 17.6 Å². The highest BCUT2D eigenvalue weighted by atomic mass is 16.6.